The summed E-state index contributed by atoms with van der Waals surface area (Å²) < 4.78 is 5.42. The third-order valence-corrected chi connectivity index (χ3v) is 3.33. The van der Waals surface area contributed by atoms with Crippen LogP contribution in [0.4, 0.5) is 5.82 Å². The first-order chi connectivity index (χ1) is 8.30. The van der Waals surface area contributed by atoms with Gasteiger partial charge in [0.2, 0.25) is 0 Å². The fraction of sp³-hybridized carbons (Fsp3) is 0.667. The predicted octanol–water partition coefficient (Wildman–Crippen LogP) is 1.74. The largest absolute Gasteiger partial charge is 0.376 e. The first-order valence-corrected chi connectivity index (χ1v) is 6.24. The van der Waals surface area contributed by atoms with Gasteiger partial charge in [0.15, 0.2) is 0 Å². The van der Waals surface area contributed by atoms with Crippen molar-refractivity contribution in [2.75, 3.05) is 12.0 Å². The van der Waals surface area contributed by atoms with Gasteiger partial charge < -0.3 is 10.2 Å². The van der Waals surface area contributed by atoms with Crippen molar-refractivity contribution in [2.45, 2.75) is 45.6 Å². The molecule has 0 atom stereocenters. The molecular weight excluding hydrogens is 216 g/mol. The van der Waals surface area contributed by atoms with E-state index in [1.165, 1.54) is 0 Å². The minimum atomic E-state index is 0.412. The molecule has 1 aliphatic rings. The Hall–Kier alpha value is -1.20. The molecule has 0 fully saturated rings. The molecule has 17 heavy (non-hydrogen) atoms. The summed E-state index contributed by atoms with van der Waals surface area (Å²) in [6.07, 6.45) is 2.95. The van der Waals surface area contributed by atoms with Gasteiger partial charge in [-0.05, 0) is 12.8 Å². The quantitative estimate of drug-likeness (QED) is 0.615. The number of rotatable bonds is 4. The van der Waals surface area contributed by atoms with E-state index < -0.39 is 0 Å². The number of anilines is 1. The molecule has 1 aliphatic heterocycles. The lowest BCUT2D eigenvalue weighted by molar-refractivity contribution is 0.109. The van der Waals surface area contributed by atoms with E-state index in [0.717, 1.165) is 48.8 Å². The average molecular weight is 236 g/mol. The lowest BCUT2D eigenvalue weighted by Gasteiger charge is -2.21. The van der Waals surface area contributed by atoms with Gasteiger partial charge in [0.05, 0.1) is 18.9 Å². The van der Waals surface area contributed by atoms with Crippen LogP contribution >= 0.6 is 0 Å². The van der Waals surface area contributed by atoms with E-state index in [1.54, 1.807) is 0 Å². The molecule has 0 radical (unpaired) electrons. The lowest BCUT2D eigenvalue weighted by Crippen LogP contribution is -2.21. The molecule has 3 N–H and O–H groups in total. The van der Waals surface area contributed by atoms with Crippen molar-refractivity contribution in [1.82, 2.24) is 9.97 Å². The van der Waals surface area contributed by atoms with Gasteiger partial charge in [0.25, 0.3) is 0 Å². The van der Waals surface area contributed by atoms with Gasteiger partial charge in [-0.25, -0.2) is 15.8 Å². The highest BCUT2D eigenvalue weighted by Gasteiger charge is 2.20. The summed E-state index contributed by atoms with van der Waals surface area (Å²) in [4.78, 5) is 9.20. The molecule has 2 heterocycles. The molecular formula is C12H20N4O. The number of nitrogens with zero attached hydrogens (tertiary/aromatic N) is 2. The smallest absolute Gasteiger partial charge is 0.149 e. The fourth-order valence-electron chi connectivity index (χ4n) is 2.21. The molecule has 0 aliphatic carbocycles. The van der Waals surface area contributed by atoms with Crippen LogP contribution in [0.1, 0.15) is 49.7 Å². The summed E-state index contributed by atoms with van der Waals surface area (Å²) in [5.41, 5.74) is 4.76. The second-order valence-corrected chi connectivity index (χ2v) is 4.32. The summed E-state index contributed by atoms with van der Waals surface area (Å²) in [6, 6.07) is 0. The molecule has 2 rings (SSSR count). The highest BCUT2D eigenvalue weighted by Crippen LogP contribution is 2.26. The van der Waals surface area contributed by atoms with Gasteiger partial charge in [-0.1, -0.05) is 13.8 Å². The van der Waals surface area contributed by atoms with Crippen LogP contribution in [0, 0.1) is 0 Å². The second kappa shape index (κ2) is 5.42. The van der Waals surface area contributed by atoms with Crippen molar-refractivity contribution in [3.63, 3.8) is 0 Å². The Labute approximate surface area is 102 Å². The number of ether oxygens (including phenoxy) is 1. The Morgan fingerprint density at radius 3 is 2.76 bits per heavy atom. The fourth-order valence-corrected chi connectivity index (χ4v) is 2.21. The summed E-state index contributed by atoms with van der Waals surface area (Å²) in [7, 11) is 0. The summed E-state index contributed by atoms with van der Waals surface area (Å²) in [6.45, 7) is 5.61. The molecule has 0 saturated carbocycles. The minimum absolute atomic E-state index is 0.412. The zero-order valence-electron chi connectivity index (χ0n) is 10.5. The zero-order chi connectivity index (χ0) is 12.3. The van der Waals surface area contributed by atoms with Gasteiger partial charge in [-0.2, -0.15) is 0 Å². The molecule has 0 spiro atoms. The van der Waals surface area contributed by atoms with Crippen molar-refractivity contribution in [1.29, 1.82) is 0 Å². The third kappa shape index (κ3) is 2.40. The average Bonchev–Trinajstić information content (AvgIpc) is 2.39. The summed E-state index contributed by atoms with van der Waals surface area (Å²) in [5, 5.41) is 0. The van der Waals surface area contributed by atoms with Crippen LogP contribution in [-0.4, -0.2) is 16.6 Å². The molecule has 0 saturated heterocycles. The highest BCUT2D eigenvalue weighted by molar-refractivity contribution is 5.46. The number of hydrogen-bond acceptors (Lipinski definition) is 5. The highest BCUT2D eigenvalue weighted by atomic mass is 16.5. The zero-order valence-corrected chi connectivity index (χ0v) is 10.5. The summed E-state index contributed by atoms with van der Waals surface area (Å²) >= 11 is 0. The Morgan fingerprint density at radius 2 is 2.12 bits per heavy atom. The van der Waals surface area contributed by atoms with Gasteiger partial charge in [-0.15, -0.1) is 0 Å². The number of nitrogens with two attached hydrogens (primary N) is 1. The molecule has 1 aromatic rings. The van der Waals surface area contributed by atoms with Gasteiger partial charge in [-0.3, -0.25) is 0 Å². The Balaban J connectivity index is 2.42. The van der Waals surface area contributed by atoms with Crippen molar-refractivity contribution in [3.8, 4) is 0 Å². The maximum Gasteiger partial charge on any atom is 0.149 e. The molecule has 5 heteroatoms. The number of nitrogen functional groups attached to an aromatic ring is 1. The van der Waals surface area contributed by atoms with E-state index in [1.807, 2.05) is 0 Å². The van der Waals surface area contributed by atoms with Gasteiger partial charge >= 0.3 is 0 Å². The topological polar surface area (TPSA) is 73.1 Å². The molecule has 1 aromatic heterocycles. The number of fused-ring (bicyclic) bond motifs is 1. The van der Waals surface area contributed by atoms with E-state index in [0.29, 0.717) is 12.5 Å². The molecule has 0 bridgehead atoms. The first kappa shape index (κ1) is 12.3. The SMILES string of the molecule is CCC(CC)c1nc2c(c(NN)n1)COCC2. The molecule has 0 unspecified atom stereocenters. The van der Waals surface area contributed by atoms with Crippen molar-refractivity contribution >= 4 is 5.82 Å². The minimum Gasteiger partial charge on any atom is -0.376 e. The van der Waals surface area contributed by atoms with Crippen LogP contribution in [0.3, 0.4) is 0 Å². The standard InChI is InChI=1S/C12H20N4O/c1-3-8(4-2)11-14-10-5-6-17-7-9(10)12(15-11)16-13/h8H,3-7,13H2,1-2H3,(H,14,15,16). The van der Waals surface area contributed by atoms with E-state index in [4.69, 9.17) is 10.6 Å². The Kier molecular flexibility index (Phi) is 3.91. The number of hydrazine groups is 1. The normalized spacial score (nSPS) is 14.8. The van der Waals surface area contributed by atoms with Crippen LogP contribution in [-0.2, 0) is 17.8 Å². The van der Waals surface area contributed by atoms with Gasteiger partial charge in [0, 0.05) is 17.9 Å². The lowest BCUT2D eigenvalue weighted by atomic mass is 10.0. The van der Waals surface area contributed by atoms with E-state index in [9.17, 15) is 0 Å². The maximum atomic E-state index is 5.53. The first-order valence-electron chi connectivity index (χ1n) is 6.24. The molecule has 5 nitrogen and oxygen atoms in total. The number of aromatic nitrogens is 2. The second-order valence-electron chi connectivity index (χ2n) is 4.32. The number of nitrogens with one attached hydrogen (secondary N) is 1. The maximum absolute atomic E-state index is 5.53. The van der Waals surface area contributed by atoms with E-state index in [-0.39, 0.29) is 0 Å². The Bertz CT molecular complexity index is 373. The van der Waals surface area contributed by atoms with Crippen LogP contribution in [0.25, 0.3) is 0 Å². The van der Waals surface area contributed by atoms with Gasteiger partial charge in [0.1, 0.15) is 11.6 Å². The van der Waals surface area contributed by atoms with Crippen molar-refractivity contribution < 1.29 is 4.74 Å². The Morgan fingerprint density at radius 1 is 1.35 bits per heavy atom. The van der Waals surface area contributed by atoms with Crippen molar-refractivity contribution in [2.24, 2.45) is 5.84 Å². The molecule has 94 valence electrons. The third-order valence-electron chi connectivity index (χ3n) is 3.33. The van der Waals surface area contributed by atoms with Crippen LogP contribution in [0.2, 0.25) is 0 Å². The van der Waals surface area contributed by atoms with Crippen LogP contribution in [0.15, 0.2) is 0 Å². The van der Waals surface area contributed by atoms with E-state index >= 15 is 0 Å². The van der Waals surface area contributed by atoms with E-state index in [2.05, 4.69) is 29.2 Å². The van der Waals surface area contributed by atoms with Crippen molar-refractivity contribution in [3.05, 3.63) is 17.1 Å². The van der Waals surface area contributed by atoms with Crippen LogP contribution < -0.4 is 11.3 Å². The van der Waals surface area contributed by atoms with Crippen LogP contribution in [0.5, 0.6) is 0 Å². The molecule has 0 aromatic carbocycles. The monoisotopic (exact) mass is 236 g/mol. The number of hydrogen-bond donors (Lipinski definition) is 2. The molecule has 0 amide bonds. The summed E-state index contributed by atoms with van der Waals surface area (Å²) in [5.74, 6) is 7.57. The predicted molar refractivity (Wildman–Crippen MR) is 66.5 cm³/mol.